The van der Waals surface area contributed by atoms with Crippen molar-refractivity contribution in [1.82, 2.24) is 5.32 Å². The van der Waals surface area contributed by atoms with E-state index in [0.717, 1.165) is 12.8 Å². The van der Waals surface area contributed by atoms with E-state index in [2.05, 4.69) is 5.32 Å². The van der Waals surface area contributed by atoms with Gasteiger partial charge in [-0.15, -0.1) is 0 Å². The van der Waals surface area contributed by atoms with Crippen molar-refractivity contribution in [3.63, 3.8) is 0 Å². The predicted molar refractivity (Wildman–Crippen MR) is 66.2 cm³/mol. The van der Waals surface area contributed by atoms with E-state index in [0.29, 0.717) is 6.42 Å². The van der Waals surface area contributed by atoms with Gasteiger partial charge in [0.25, 0.3) is 0 Å². The number of benzene rings is 1. The molecule has 1 aromatic carbocycles. The fourth-order valence-corrected chi connectivity index (χ4v) is 1.86. The fraction of sp³-hybridized carbons (Fsp3) is 0.357. The number of hydrogen-bond donors (Lipinski definition) is 1. The second-order valence-corrected chi connectivity index (χ2v) is 4.46. The van der Waals surface area contributed by atoms with Crippen molar-refractivity contribution in [3.05, 3.63) is 48.2 Å². The molecule has 1 amide bonds. The smallest absolute Gasteiger partial charge is 0.223 e. The maximum Gasteiger partial charge on any atom is 0.223 e. The predicted octanol–water partition coefficient (Wildman–Crippen LogP) is 2.39. The summed E-state index contributed by atoms with van der Waals surface area (Å²) < 4.78 is 5.35. The number of nitrogens with one attached hydrogen (secondary N) is 1. The van der Waals surface area contributed by atoms with Crippen molar-refractivity contribution < 1.29 is 9.53 Å². The number of rotatable bonds is 4. The Morgan fingerprint density at radius 2 is 2.18 bits per heavy atom. The second-order valence-electron chi connectivity index (χ2n) is 4.46. The first-order chi connectivity index (χ1) is 8.18. The summed E-state index contributed by atoms with van der Waals surface area (Å²) in [6.45, 7) is 1.88. The van der Waals surface area contributed by atoms with Crippen molar-refractivity contribution in [1.29, 1.82) is 0 Å². The minimum Gasteiger partial charge on any atom is -0.476 e. The third kappa shape index (κ3) is 3.34. The highest BCUT2D eigenvalue weighted by atomic mass is 16.5. The molecule has 0 radical (unpaired) electrons. The molecule has 0 fully saturated rings. The van der Waals surface area contributed by atoms with Crippen molar-refractivity contribution in [2.24, 2.45) is 0 Å². The fourth-order valence-electron chi connectivity index (χ4n) is 1.86. The number of carbonyl (C=O) groups excluding carboxylic acids is 1. The van der Waals surface area contributed by atoms with Crippen LogP contribution in [0.25, 0.3) is 0 Å². The van der Waals surface area contributed by atoms with Crippen LogP contribution in [0.1, 0.15) is 25.3 Å². The molecule has 0 saturated heterocycles. The molecule has 3 nitrogen and oxygen atoms in total. The zero-order valence-corrected chi connectivity index (χ0v) is 9.98. The Labute approximate surface area is 101 Å². The van der Waals surface area contributed by atoms with Gasteiger partial charge in [-0.1, -0.05) is 30.3 Å². The lowest BCUT2D eigenvalue weighted by molar-refractivity contribution is -0.127. The maximum absolute atomic E-state index is 11.8. The quantitative estimate of drug-likeness (QED) is 0.864. The molecule has 1 atom stereocenters. The van der Waals surface area contributed by atoms with Gasteiger partial charge in [0.2, 0.25) is 5.91 Å². The summed E-state index contributed by atoms with van der Waals surface area (Å²) in [6, 6.07) is 10.0. The highest BCUT2D eigenvalue weighted by molar-refractivity contribution is 5.76. The summed E-state index contributed by atoms with van der Waals surface area (Å²) in [5.74, 6) is 0.0278. The lowest BCUT2D eigenvalue weighted by atomic mass is 10.1. The Morgan fingerprint density at radius 3 is 2.82 bits per heavy atom. The van der Waals surface area contributed by atoms with Crippen LogP contribution in [-0.2, 0) is 16.0 Å². The van der Waals surface area contributed by atoms with Gasteiger partial charge >= 0.3 is 0 Å². The zero-order chi connectivity index (χ0) is 12.1. The summed E-state index contributed by atoms with van der Waals surface area (Å²) in [5, 5.41) is 2.90. The van der Waals surface area contributed by atoms with Gasteiger partial charge < -0.3 is 10.1 Å². The average Bonchev–Trinajstić information content (AvgIpc) is 2.74. The first-order valence-electron chi connectivity index (χ1n) is 5.86. The van der Waals surface area contributed by atoms with Crippen LogP contribution in [0.3, 0.4) is 0 Å². The summed E-state index contributed by atoms with van der Waals surface area (Å²) >= 11 is 0. The molecule has 0 saturated carbocycles. The van der Waals surface area contributed by atoms with Crippen LogP contribution in [-0.4, -0.2) is 11.6 Å². The molecule has 0 bridgehead atoms. The normalized spacial score (nSPS) is 22.2. The topological polar surface area (TPSA) is 38.3 Å². The minimum atomic E-state index is -0.548. The van der Waals surface area contributed by atoms with Gasteiger partial charge in [0.1, 0.15) is 0 Å². The van der Waals surface area contributed by atoms with Crippen LogP contribution in [0.4, 0.5) is 0 Å². The largest absolute Gasteiger partial charge is 0.476 e. The van der Waals surface area contributed by atoms with Crippen molar-refractivity contribution in [2.45, 2.75) is 31.9 Å². The number of aryl methyl sites for hydroxylation is 1. The van der Waals surface area contributed by atoms with Gasteiger partial charge in [-0.05, 0) is 25.0 Å². The third-order valence-electron chi connectivity index (χ3n) is 2.82. The zero-order valence-electron chi connectivity index (χ0n) is 9.98. The van der Waals surface area contributed by atoms with E-state index < -0.39 is 5.72 Å². The van der Waals surface area contributed by atoms with Gasteiger partial charge in [0.15, 0.2) is 5.72 Å². The number of hydrogen-bond acceptors (Lipinski definition) is 2. The van der Waals surface area contributed by atoms with E-state index >= 15 is 0 Å². The van der Waals surface area contributed by atoms with Gasteiger partial charge in [-0.25, -0.2) is 0 Å². The molecule has 0 aromatic heterocycles. The van der Waals surface area contributed by atoms with Crippen LogP contribution < -0.4 is 5.32 Å². The van der Waals surface area contributed by atoms with E-state index in [9.17, 15) is 4.79 Å². The molecule has 3 heteroatoms. The third-order valence-corrected chi connectivity index (χ3v) is 2.82. The van der Waals surface area contributed by atoms with Crippen molar-refractivity contribution >= 4 is 5.91 Å². The Bertz CT molecular complexity index is 403. The van der Waals surface area contributed by atoms with Crippen LogP contribution in [0.2, 0.25) is 0 Å². The molecule has 17 heavy (non-hydrogen) atoms. The Morgan fingerprint density at radius 1 is 1.41 bits per heavy atom. The molecule has 0 aliphatic carbocycles. The number of amides is 1. The summed E-state index contributed by atoms with van der Waals surface area (Å²) in [7, 11) is 0. The van der Waals surface area contributed by atoms with E-state index in [1.165, 1.54) is 5.56 Å². The van der Waals surface area contributed by atoms with E-state index in [1.807, 2.05) is 43.3 Å². The molecule has 90 valence electrons. The van der Waals surface area contributed by atoms with Crippen LogP contribution in [0.15, 0.2) is 42.7 Å². The first-order valence-corrected chi connectivity index (χ1v) is 5.86. The van der Waals surface area contributed by atoms with Crippen LogP contribution >= 0.6 is 0 Å². The molecule has 1 aliphatic rings. The molecule has 0 spiro atoms. The monoisotopic (exact) mass is 231 g/mol. The maximum atomic E-state index is 11.8. The van der Waals surface area contributed by atoms with Gasteiger partial charge in [-0.2, -0.15) is 0 Å². The average molecular weight is 231 g/mol. The van der Waals surface area contributed by atoms with Crippen LogP contribution in [0.5, 0.6) is 0 Å². The highest BCUT2D eigenvalue weighted by Crippen LogP contribution is 2.19. The van der Waals surface area contributed by atoms with Crippen molar-refractivity contribution in [3.8, 4) is 0 Å². The molecular formula is C14H17NO2. The highest BCUT2D eigenvalue weighted by Gasteiger charge is 2.28. The Hall–Kier alpha value is -1.77. The molecular weight excluding hydrogens is 214 g/mol. The second kappa shape index (κ2) is 5.04. The first kappa shape index (κ1) is 11.7. The van der Waals surface area contributed by atoms with E-state index in [1.54, 1.807) is 6.26 Å². The molecule has 1 aliphatic heterocycles. The SMILES string of the molecule is CC1(NC(=O)CCc2ccccc2)CC=CO1. The van der Waals surface area contributed by atoms with Crippen LogP contribution in [0, 0.1) is 0 Å². The molecule has 1 heterocycles. The molecule has 1 aromatic rings. The summed E-state index contributed by atoms with van der Waals surface area (Å²) in [4.78, 5) is 11.8. The number of ether oxygens (including phenoxy) is 1. The Balaban J connectivity index is 1.78. The van der Waals surface area contributed by atoms with Gasteiger partial charge in [-0.3, -0.25) is 4.79 Å². The van der Waals surface area contributed by atoms with Crippen molar-refractivity contribution in [2.75, 3.05) is 0 Å². The van der Waals surface area contributed by atoms with E-state index in [-0.39, 0.29) is 5.91 Å². The lowest BCUT2D eigenvalue weighted by Gasteiger charge is -2.25. The molecule has 1 unspecified atom stereocenters. The summed E-state index contributed by atoms with van der Waals surface area (Å²) in [5.41, 5.74) is 0.631. The number of carbonyl (C=O) groups is 1. The lowest BCUT2D eigenvalue weighted by Crippen LogP contribution is -2.45. The molecule has 2 rings (SSSR count). The van der Waals surface area contributed by atoms with Gasteiger partial charge in [0.05, 0.1) is 6.26 Å². The Kier molecular flexibility index (Phi) is 3.47. The van der Waals surface area contributed by atoms with Gasteiger partial charge in [0, 0.05) is 12.8 Å². The molecule has 1 N–H and O–H groups in total. The minimum absolute atomic E-state index is 0.0278. The standard InChI is InChI=1S/C14H17NO2/c1-14(10-5-11-17-14)15-13(16)9-8-12-6-3-2-4-7-12/h2-7,11H,8-10H2,1H3,(H,15,16). The van der Waals surface area contributed by atoms with E-state index in [4.69, 9.17) is 4.74 Å². The summed E-state index contributed by atoms with van der Waals surface area (Å²) in [6.07, 6.45) is 5.53.